The van der Waals surface area contributed by atoms with E-state index in [1.807, 2.05) is 0 Å². The minimum absolute atomic E-state index is 0.105. The smallest absolute Gasteiger partial charge is 0.285 e. The summed E-state index contributed by atoms with van der Waals surface area (Å²) in [6.45, 7) is 0.284. The number of ether oxygens (including phenoxy) is 2. The van der Waals surface area contributed by atoms with Crippen molar-refractivity contribution in [2.75, 3.05) is 6.61 Å². The lowest BCUT2D eigenvalue weighted by Gasteiger charge is -2.08. The summed E-state index contributed by atoms with van der Waals surface area (Å²) in [5, 5.41) is 9.14. The number of amidine groups is 1. The third-order valence-corrected chi connectivity index (χ3v) is 1.61. The first-order valence-electron chi connectivity index (χ1n) is 3.07. The zero-order valence-corrected chi connectivity index (χ0v) is 5.23. The number of aliphatic hydroxyl groups is 1. The molecule has 56 valence electrons. The predicted molar refractivity (Wildman–Crippen MR) is 32.2 cm³/mol. The van der Waals surface area contributed by atoms with Crippen LogP contribution in [0.5, 0.6) is 0 Å². The molecule has 0 saturated carbocycles. The van der Waals surface area contributed by atoms with Crippen molar-refractivity contribution in [3.8, 4) is 0 Å². The molecule has 5 nitrogen and oxygen atoms in total. The van der Waals surface area contributed by atoms with Crippen molar-refractivity contribution in [3.63, 3.8) is 0 Å². The van der Waals surface area contributed by atoms with E-state index < -0.39 is 6.10 Å². The van der Waals surface area contributed by atoms with Crippen LogP contribution in [0.2, 0.25) is 0 Å². The summed E-state index contributed by atoms with van der Waals surface area (Å²) < 4.78 is 9.97. The fourth-order valence-corrected chi connectivity index (χ4v) is 1.12. The maximum Gasteiger partial charge on any atom is 0.285 e. The summed E-state index contributed by atoms with van der Waals surface area (Å²) in [4.78, 5) is 3.79. The maximum atomic E-state index is 9.14. The first kappa shape index (κ1) is 5.94. The second kappa shape index (κ2) is 1.83. The van der Waals surface area contributed by atoms with Gasteiger partial charge in [0, 0.05) is 0 Å². The summed E-state index contributed by atoms with van der Waals surface area (Å²) in [6.07, 6.45) is -1.34. The molecule has 0 aromatic heterocycles. The minimum atomic E-state index is -0.588. The molecular weight excluding hydrogens is 136 g/mol. The lowest BCUT2D eigenvalue weighted by Crippen LogP contribution is -2.30. The zero-order chi connectivity index (χ0) is 7.14. The zero-order valence-electron chi connectivity index (χ0n) is 5.23. The molecule has 2 aliphatic rings. The van der Waals surface area contributed by atoms with E-state index in [0.717, 1.165) is 0 Å². The van der Waals surface area contributed by atoms with Crippen LogP contribution >= 0.6 is 0 Å². The van der Waals surface area contributed by atoms with Crippen molar-refractivity contribution in [2.24, 2.45) is 10.7 Å². The van der Waals surface area contributed by atoms with Crippen molar-refractivity contribution in [1.29, 1.82) is 0 Å². The van der Waals surface area contributed by atoms with Gasteiger partial charge in [-0.1, -0.05) is 0 Å². The van der Waals surface area contributed by atoms with Crippen LogP contribution in [-0.2, 0) is 9.47 Å². The number of aliphatic hydroxyl groups excluding tert-OH is 1. The number of hydrogen-bond donors (Lipinski definition) is 2. The number of rotatable bonds is 0. The molecule has 0 radical (unpaired) electrons. The molecule has 0 unspecified atom stereocenters. The summed E-state index contributed by atoms with van der Waals surface area (Å²) in [7, 11) is 0. The first-order chi connectivity index (χ1) is 4.77. The Balaban J connectivity index is 2.14. The molecule has 0 spiro atoms. The van der Waals surface area contributed by atoms with Crippen LogP contribution in [0.3, 0.4) is 0 Å². The average Bonchev–Trinajstić information content (AvgIpc) is 2.35. The molecule has 1 fully saturated rings. The molecule has 10 heavy (non-hydrogen) atoms. The largest absolute Gasteiger partial charge is 0.454 e. The topological polar surface area (TPSA) is 77.1 Å². The van der Waals surface area contributed by atoms with Crippen molar-refractivity contribution in [3.05, 3.63) is 0 Å². The first-order valence-corrected chi connectivity index (χ1v) is 3.07. The van der Waals surface area contributed by atoms with Crippen LogP contribution in [0.15, 0.2) is 4.99 Å². The van der Waals surface area contributed by atoms with Crippen LogP contribution in [0.25, 0.3) is 0 Å². The Labute approximate surface area is 57.4 Å². The fourth-order valence-electron chi connectivity index (χ4n) is 1.12. The fraction of sp³-hybridized carbons (Fsp3) is 0.800. The Bertz CT molecular complexity index is 182. The summed E-state index contributed by atoms with van der Waals surface area (Å²) in [5.74, 6) is 0. The van der Waals surface area contributed by atoms with Gasteiger partial charge in [-0.05, 0) is 0 Å². The predicted octanol–water partition coefficient (Wildman–Crippen LogP) is -1.58. The highest BCUT2D eigenvalue weighted by molar-refractivity contribution is 5.73. The molecule has 2 aliphatic heterocycles. The number of aliphatic imine (C=N–C) groups is 1. The SMILES string of the molecule is NC1=N[C@H]2OC[C@H](O)[C@H]2O1. The number of fused-ring (bicyclic) bond motifs is 1. The van der Waals surface area contributed by atoms with Gasteiger partial charge in [0.05, 0.1) is 6.61 Å². The Hall–Kier alpha value is -0.810. The molecule has 0 aliphatic carbocycles. The molecule has 3 atom stereocenters. The molecular formula is C5H8N2O3. The van der Waals surface area contributed by atoms with Crippen LogP contribution in [-0.4, -0.2) is 36.2 Å². The van der Waals surface area contributed by atoms with Crippen molar-refractivity contribution in [1.82, 2.24) is 0 Å². The van der Waals surface area contributed by atoms with Gasteiger partial charge < -0.3 is 20.3 Å². The quantitative estimate of drug-likeness (QED) is 0.430. The van der Waals surface area contributed by atoms with E-state index in [1.54, 1.807) is 0 Å². The molecule has 3 N–H and O–H groups in total. The van der Waals surface area contributed by atoms with Crippen LogP contribution < -0.4 is 5.73 Å². The molecule has 0 bridgehead atoms. The van der Waals surface area contributed by atoms with E-state index in [4.69, 9.17) is 20.3 Å². The third-order valence-electron chi connectivity index (χ3n) is 1.61. The van der Waals surface area contributed by atoms with Gasteiger partial charge in [0.2, 0.25) is 0 Å². The van der Waals surface area contributed by atoms with E-state index in [0.29, 0.717) is 0 Å². The van der Waals surface area contributed by atoms with Crippen LogP contribution in [0.4, 0.5) is 0 Å². The summed E-state index contributed by atoms with van der Waals surface area (Å²) >= 11 is 0. The van der Waals surface area contributed by atoms with Gasteiger partial charge in [-0.15, -0.1) is 0 Å². The van der Waals surface area contributed by atoms with E-state index in [2.05, 4.69) is 4.99 Å². The van der Waals surface area contributed by atoms with Gasteiger partial charge in [0.25, 0.3) is 6.02 Å². The Morgan fingerprint density at radius 2 is 2.50 bits per heavy atom. The monoisotopic (exact) mass is 144 g/mol. The Kier molecular flexibility index (Phi) is 1.09. The van der Waals surface area contributed by atoms with Gasteiger partial charge in [-0.3, -0.25) is 0 Å². The number of hydrogen-bond acceptors (Lipinski definition) is 5. The summed E-state index contributed by atoms with van der Waals surface area (Å²) in [5.41, 5.74) is 5.22. The highest BCUT2D eigenvalue weighted by Crippen LogP contribution is 2.22. The molecule has 0 aromatic rings. The minimum Gasteiger partial charge on any atom is -0.454 e. The van der Waals surface area contributed by atoms with Gasteiger partial charge in [0.1, 0.15) is 6.10 Å². The highest BCUT2D eigenvalue weighted by Gasteiger charge is 2.42. The second-order valence-electron chi connectivity index (χ2n) is 2.34. The van der Waals surface area contributed by atoms with Crippen molar-refractivity contribution >= 4 is 6.02 Å². The van der Waals surface area contributed by atoms with E-state index in [1.165, 1.54) is 0 Å². The second-order valence-corrected chi connectivity index (χ2v) is 2.34. The third kappa shape index (κ3) is 0.676. The van der Waals surface area contributed by atoms with Gasteiger partial charge >= 0.3 is 0 Å². The molecule has 5 heteroatoms. The average molecular weight is 144 g/mol. The normalized spacial score (nSPS) is 44.5. The van der Waals surface area contributed by atoms with Crippen LogP contribution in [0, 0.1) is 0 Å². The molecule has 1 saturated heterocycles. The van der Waals surface area contributed by atoms with Gasteiger partial charge in [-0.2, -0.15) is 4.99 Å². The molecule has 0 aromatic carbocycles. The lowest BCUT2D eigenvalue weighted by atomic mass is 10.2. The molecule has 0 amide bonds. The lowest BCUT2D eigenvalue weighted by molar-refractivity contribution is 0.0615. The van der Waals surface area contributed by atoms with Crippen molar-refractivity contribution < 1.29 is 14.6 Å². The molecule has 2 rings (SSSR count). The maximum absolute atomic E-state index is 9.14. The number of nitrogens with two attached hydrogens (primary N) is 1. The van der Waals surface area contributed by atoms with Gasteiger partial charge in [0.15, 0.2) is 12.3 Å². The van der Waals surface area contributed by atoms with E-state index >= 15 is 0 Å². The van der Waals surface area contributed by atoms with Crippen molar-refractivity contribution in [2.45, 2.75) is 18.4 Å². The van der Waals surface area contributed by atoms with E-state index in [-0.39, 0.29) is 25.0 Å². The van der Waals surface area contributed by atoms with E-state index in [9.17, 15) is 0 Å². The Morgan fingerprint density at radius 3 is 3.20 bits per heavy atom. The van der Waals surface area contributed by atoms with Crippen LogP contribution in [0.1, 0.15) is 0 Å². The molecule has 2 heterocycles. The number of nitrogens with zero attached hydrogens (tertiary/aromatic N) is 1. The highest BCUT2D eigenvalue weighted by atomic mass is 16.6. The standard InChI is InChI=1S/C5H8N2O3/c6-5-7-4-3(10-5)2(8)1-9-4/h2-4,8H,1H2,(H2,6,7)/t2-,3+,4-/m0/s1. The van der Waals surface area contributed by atoms with Gasteiger partial charge in [-0.25, -0.2) is 0 Å². The summed E-state index contributed by atoms with van der Waals surface area (Å²) in [6, 6.07) is 0.105. The Morgan fingerprint density at radius 1 is 1.70 bits per heavy atom.